The quantitative estimate of drug-likeness (QED) is 0.700. The van der Waals surface area contributed by atoms with Crippen LogP contribution in [0.15, 0.2) is 0 Å². The first-order valence-electron chi connectivity index (χ1n) is 6.92. The van der Waals surface area contributed by atoms with Gasteiger partial charge in [-0.1, -0.05) is 52.9 Å². The van der Waals surface area contributed by atoms with Crippen LogP contribution in [0, 0.1) is 11.8 Å². The summed E-state index contributed by atoms with van der Waals surface area (Å²) in [4.78, 5) is 0. The Bertz CT molecular complexity index is 147. The molecule has 0 aliphatic heterocycles. The molecule has 1 N–H and O–H groups in total. The van der Waals surface area contributed by atoms with Gasteiger partial charge in [-0.3, -0.25) is 0 Å². The molecule has 0 bridgehead atoms. The second kappa shape index (κ2) is 7.27. The summed E-state index contributed by atoms with van der Waals surface area (Å²) >= 11 is 0. The fourth-order valence-corrected chi connectivity index (χ4v) is 2.73. The fourth-order valence-electron chi connectivity index (χ4n) is 2.73. The van der Waals surface area contributed by atoms with Crippen molar-refractivity contribution in [2.75, 3.05) is 6.54 Å². The standard InChI is InChI=1S/C14H29N/c1-12(2)15-10-9-13(3)11-14-7-5-4-6-8-14/h12-15H,4-11H2,1-3H3/t13-/m1/s1. The monoisotopic (exact) mass is 211 g/mol. The van der Waals surface area contributed by atoms with Gasteiger partial charge in [0.1, 0.15) is 0 Å². The maximum atomic E-state index is 3.51. The van der Waals surface area contributed by atoms with Gasteiger partial charge in [-0.05, 0) is 31.2 Å². The molecule has 15 heavy (non-hydrogen) atoms. The largest absolute Gasteiger partial charge is 0.315 e. The molecule has 0 spiro atoms. The van der Waals surface area contributed by atoms with Gasteiger partial charge in [-0.15, -0.1) is 0 Å². The molecule has 1 aliphatic rings. The summed E-state index contributed by atoms with van der Waals surface area (Å²) in [6.45, 7) is 8.08. The molecule has 0 radical (unpaired) electrons. The van der Waals surface area contributed by atoms with Crippen molar-refractivity contribution in [2.45, 2.75) is 71.8 Å². The molecule has 0 aromatic heterocycles. The maximum Gasteiger partial charge on any atom is 0.00103 e. The van der Waals surface area contributed by atoms with E-state index in [1.807, 2.05) is 0 Å². The zero-order chi connectivity index (χ0) is 11.1. The molecule has 1 atom stereocenters. The molecule has 1 heteroatoms. The van der Waals surface area contributed by atoms with Crippen LogP contribution in [0.4, 0.5) is 0 Å². The highest BCUT2D eigenvalue weighted by Crippen LogP contribution is 2.29. The minimum absolute atomic E-state index is 0.645. The van der Waals surface area contributed by atoms with Crippen LogP contribution >= 0.6 is 0 Å². The minimum atomic E-state index is 0.645. The van der Waals surface area contributed by atoms with E-state index < -0.39 is 0 Å². The average molecular weight is 211 g/mol. The molecule has 1 nitrogen and oxygen atoms in total. The van der Waals surface area contributed by atoms with E-state index in [2.05, 4.69) is 26.1 Å². The van der Waals surface area contributed by atoms with E-state index in [4.69, 9.17) is 0 Å². The lowest BCUT2D eigenvalue weighted by Gasteiger charge is -2.24. The molecule has 0 aromatic rings. The maximum absolute atomic E-state index is 3.51. The summed E-state index contributed by atoms with van der Waals surface area (Å²) in [5.41, 5.74) is 0. The van der Waals surface area contributed by atoms with Crippen LogP contribution < -0.4 is 5.32 Å². The second-order valence-corrected chi connectivity index (χ2v) is 5.74. The summed E-state index contributed by atoms with van der Waals surface area (Å²) in [6, 6.07) is 0.645. The first-order chi connectivity index (χ1) is 7.18. The number of hydrogen-bond acceptors (Lipinski definition) is 1. The minimum Gasteiger partial charge on any atom is -0.315 e. The lowest BCUT2D eigenvalue weighted by molar-refractivity contribution is 0.287. The predicted molar refractivity (Wildman–Crippen MR) is 68.1 cm³/mol. The normalized spacial score (nSPS) is 20.8. The topological polar surface area (TPSA) is 12.0 Å². The Morgan fingerprint density at radius 3 is 2.33 bits per heavy atom. The van der Waals surface area contributed by atoms with Crippen molar-refractivity contribution in [2.24, 2.45) is 11.8 Å². The van der Waals surface area contributed by atoms with Crippen LogP contribution in [0.3, 0.4) is 0 Å². The highest BCUT2D eigenvalue weighted by atomic mass is 14.9. The highest BCUT2D eigenvalue weighted by molar-refractivity contribution is 4.69. The molecular weight excluding hydrogens is 182 g/mol. The molecule has 1 aliphatic carbocycles. The van der Waals surface area contributed by atoms with Crippen molar-refractivity contribution in [1.82, 2.24) is 5.32 Å². The van der Waals surface area contributed by atoms with Gasteiger partial charge in [0.2, 0.25) is 0 Å². The van der Waals surface area contributed by atoms with Crippen molar-refractivity contribution < 1.29 is 0 Å². The van der Waals surface area contributed by atoms with Crippen LogP contribution in [0.5, 0.6) is 0 Å². The number of hydrogen-bond donors (Lipinski definition) is 1. The van der Waals surface area contributed by atoms with Crippen molar-refractivity contribution in [1.29, 1.82) is 0 Å². The molecule has 0 unspecified atom stereocenters. The molecule has 90 valence electrons. The third kappa shape index (κ3) is 6.19. The van der Waals surface area contributed by atoms with E-state index in [0.717, 1.165) is 11.8 Å². The second-order valence-electron chi connectivity index (χ2n) is 5.74. The van der Waals surface area contributed by atoms with Crippen molar-refractivity contribution in [3.8, 4) is 0 Å². The molecular formula is C14H29N. The molecule has 1 rings (SSSR count). The molecule has 0 amide bonds. The summed E-state index contributed by atoms with van der Waals surface area (Å²) < 4.78 is 0. The first-order valence-corrected chi connectivity index (χ1v) is 6.92. The van der Waals surface area contributed by atoms with Gasteiger partial charge in [-0.25, -0.2) is 0 Å². The third-order valence-electron chi connectivity index (χ3n) is 3.65. The molecule has 0 heterocycles. The number of nitrogens with one attached hydrogen (secondary N) is 1. The van der Waals surface area contributed by atoms with Gasteiger partial charge in [0.25, 0.3) is 0 Å². The van der Waals surface area contributed by atoms with Crippen molar-refractivity contribution in [3.63, 3.8) is 0 Å². The summed E-state index contributed by atoms with van der Waals surface area (Å²) in [7, 11) is 0. The van der Waals surface area contributed by atoms with E-state index in [0.29, 0.717) is 6.04 Å². The Hall–Kier alpha value is -0.0400. The van der Waals surface area contributed by atoms with E-state index in [1.165, 1.54) is 51.5 Å². The van der Waals surface area contributed by atoms with Crippen LogP contribution in [-0.4, -0.2) is 12.6 Å². The van der Waals surface area contributed by atoms with Gasteiger partial charge in [0, 0.05) is 6.04 Å². The van der Waals surface area contributed by atoms with Gasteiger partial charge in [0.15, 0.2) is 0 Å². The molecule has 0 saturated heterocycles. The molecule has 1 fully saturated rings. The van der Waals surface area contributed by atoms with Gasteiger partial charge < -0.3 is 5.32 Å². The van der Waals surface area contributed by atoms with Crippen LogP contribution in [0.1, 0.15) is 65.7 Å². The van der Waals surface area contributed by atoms with E-state index in [1.54, 1.807) is 0 Å². The summed E-state index contributed by atoms with van der Waals surface area (Å²) in [5.74, 6) is 1.96. The molecule has 0 aromatic carbocycles. The third-order valence-corrected chi connectivity index (χ3v) is 3.65. The lowest BCUT2D eigenvalue weighted by atomic mass is 9.82. The zero-order valence-electron chi connectivity index (χ0n) is 10.9. The summed E-state index contributed by atoms with van der Waals surface area (Å²) in [6.07, 6.45) is 10.3. The van der Waals surface area contributed by atoms with Crippen molar-refractivity contribution in [3.05, 3.63) is 0 Å². The summed E-state index contributed by atoms with van der Waals surface area (Å²) in [5, 5.41) is 3.51. The molecule has 1 saturated carbocycles. The Morgan fingerprint density at radius 2 is 1.73 bits per heavy atom. The van der Waals surface area contributed by atoms with E-state index in [-0.39, 0.29) is 0 Å². The smallest absolute Gasteiger partial charge is 0.00103 e. The lowest BCUT2D eigenvalue weighted by Crippen LogP contribution is -2.25. The predicted octanol–water partition coefficient (Wildman–Crippen LogP) is 3.98. The Kier molecular flexibility index (Phi) is 6.31. The zero-order valence-corrected chi connectivity index (χ0v) is 10.9. The van der Waals surface area contributed by atoms with Crippen LogP contribution in [0.2, 0.25) is 0 Å². The van der Waals surface area contributed by atoms with Crippen molar-refractivity contribution >= 4 is 0 Å². The number of rotatable bonds is 6. The Morgan fingerprint density at radius 1 is 1.07 bits per heavy atom. The van der Waals surface area contributed by atoms with Gasteiger partial charge in [-0.2, -0.15) is 0 Å². The fraction of sp³-hybridized carbons (Fsp3) is 1.00. The van der Waals surface area contributed by atoms with Gasteiger partial charge >= 0.3 is 0 Å². The van der Waals surface area contributed by atoms with Crippen LogP contribution in [0.25, 0.3) is 0 Å². The van der Waals surface area contributed by atoms with E-state index in [9.17, 15) is 0 Å². The average Bonchev–Trinajstić information content (AvgIpc) is 2.18. The Labute approximate surface area is 96.0 Å². The SMILES string of the molecule is CC(C)NCC[C@@H](C)CC1CCCCC1. The highest BCUT2D eigenvalue weighted by Gasteiger charge is 2.16. The van der Waals surface area contributed by atoms with E-state index >= 15 is 0 Å². The van der Waals surface area contributed by atoms with Gasteiger partial charge in [0.05, 0.1) is 0 Å². The Balaban J connectivity index is 2.03. The van der Waals surface area contributed by atoms with Crippen LogP contribution in [-0.2, 0) is 0 Å². The first kappa shape index (κ1) is 13.0.